The van der Waals surface area contributed by atoms with Crippen LogP contribution >= 0.6 is 0 Å². The summed E-state index contributed by atoms with van der Waals surface area (Å²) < 4.78 is 31.9. The molecule has 0 aromatic heterocycles. The molecule has 49 heavy (non-hydrogen) atoms. The Balaban J connectivity index is 2.12. The van der Waals surface area contributed by atoms with E-state index in [1.54, 1.807) is 0 Å². The van der Waals surface area contributed by atoms with Gasteiger partial charge < -0.3 is 109 Å². The van der Waals surface area contributed by atoms with E-state index in [9.17, 15) is 80.8 Å². The number of carboxylic acid groups (broad SMARTS) is 3. The Morgan fingerprint density at radius 1 is 0.673 bits per heavy atom. The largest absolute Gasteiger partial charge is 0.544 e. The first-order chi connectivity index (χ1) is 22.9. The van der Waals surface area contributed by atoms with Gasteiger partial charge in [-0.3, -0.25) is 0 Å². The number of carboxylic acids is 3. The lowest BCUT2D eigenvalue weighted by atomic mass is 9.89. The highest BCUT2D eigenvalue weighted by atomic mass is 16.8. The molecule has 0 saturated carbocycles. The fraction of sp³-hybridized carbons (Fsp3) is 0.815. The van der Waals surface area contributed by atoms with Crippen LogP contribution < -0.4 is 15.3 Å². The average molecular weight is 716 g/mol. The van der Waals surface area contributed by atoms with E-state index in [2.05, 4.69) is 0 Å². The number of rotatable bonds is 15. The van der Waals surface area contributed by atoms with Gasteiger partial charge in [0.15, 0.2) is 0 Å². The van der Waals surface area contributed by atoms with Crippen LogP contribution in [0.5, 0.6) is 0 Å². The molecule has 22 nitrogen and oxygen atoms in total. The molecule has 0 aromatic rings. The van der Waals surface area contributed by atoms with Crippen LogP contribution in [-0.4, -0.2) is 179 Å². The molecule has 0 aliphatic carbocycles. The highest BCUT2D eigenvalue weighted by Gasteiger charge is 2.60. The second-order valence-corrected chi connectivity index (χ2v) is 11.7. The monoisotopic (exact) mass is 715 g/mol. The van der Waals surface area contributed by atoms with Crippen molar-refractivity contribution in [2.45, 2.75) is 117 Å². The molecule has 3 aliphatic heterocycles. The SMILES string of the molecule is C/C=C/O[C@]1(C(=O)[O-])C[C@@H](O[C@]2(C(=O)[O-])C[C@@H](O[C@]3(C(=O)[O-])C[C@@H](O)[C@@H](O)[C@@H]([C@H](O)CO)O3)[C@@H](O)[C@@H]([C@H](O)CO)O2)[C@@H](O)[C@@H]([C@H](O)CO)O1. The molecule has 10 N–H and O–H groups in total. The molecular formula is C27H39O22-3. The van der Waals surface area contributed by atoms with Gasteiger partial charge in [-0.15, -0.1) is 0 Å². The van der Waals surface area contributed by atoms with Gasteiger partial charge in [-0.1, -0.05) is 6.08 Å². The van der Waals surface area contributed by atoms with Crippen molar-refractivity contribution in [3.63, 3.8) is 0 Å². The van der Waals surface area contributed by atoms with E-state index in [0.717, 1.165) is 6.26 Å². The van der Waals surface area contributed by atoms with Crippen LogP contribution in [0.2, 0.25) is 0 Å². The van der Waals surface area contributed by atoms with Crippen molar-refractivity contribution >= 4 is 17.9 Å². The van der Waals surface area contributed by atoms with Gasteiger partial charge in [0, 0.05) is 19.3 Å². The van der Waals surface area contributed by atoms with Gasteiger partial charge in [-0.25, -0.2) is 0 Å². The number of ether oxygens (including phenoxy) is 6. The fourth-order valence-electron chi connectivity index (χ4n) is 5.71. The van der Waals surface area contributed by atoms with Crippen molar-refractivity contribution < 1.29 is 109 Å². The van der Waals surface area contributed by atoms with Gasteiger partial charge in [0.25, 0.3) is 5.79 Å². The topological polar surface area (TPSA) is 378 Å². The van der Waals surface area contributed by atoms with E-state index >= 15 is 0 Å². The van der Waals surface area contributed by atoms with Gasteiger partial charge in [0.05, 0.1) is 44.4 Å². The lowest BCUT2D eigenvalue weighted by Crippen LogP contribution is -2.72. The fourth-order valence-corrected chi connectivity index (χ4v) is 5.71. The summed E-state index contributed by atoms with van der Waals surface area (Å²) in [7, 11) is 0. The number of carbonyl (C=O) groups excluding carboxylic acids is 3. The number of aliphatic hydroxyl groups excluding tert-OH is 10. The van der Waals surface area contributed by atoms with E-state index < -0.39 is 148 Å². The molecule has 15 atom stereocenters. The zero-order valence-corrected chi connectivity index (χ0v) is 25.7. The Hall–Kier alpha value is -2.65. The van der Waals surface area contributed by atoms with Crippen LogP contribution in [0.15, 0.2) is 12.3 Å². The number of allylic oxidation sites excluding steroid dienone is 1. The number of hydrogen-bond acceptors (Lipinski definition) is 22. The first-order valence-corrected chi connectivity index (χ1v) is 14.8. The predicted octanol–water partition coefficient (Wildman–Crippen LogP) is -10.5. The standard InChI is InChI=1S/C27H42O22/c1-2-3-44-25(22(38)39)5-14(17(36)20(47-25)12(33)8-29)46-27(24(42)43)6-15(18(37)21(49-27)13(34)9-30)45-26(23(40)41)4-10(31)16(35)19(48-26)11(32)7-28/h2-3,10-21,28-37H,4-9H2,1H3,(H,38,39)(H,40,41)(H,42,43)/p-3/b3-2+/t10-,11-,12-,13-,14-,15-,16-,17-,18-,19-,20-,21-,25-,26-,27-/m1/s1. The van der Waals surface area contributed by atoms with Crippen molar-refractivity contribution in [2.75, 3.05) is 19.8 Å². The Morgan fingerprint density at radius 2 is 1.02 bits per heavy atom. The van der Waals surface area contributed by atoms with Crippen molar-refractivity contribution in [2.24, 2.45) is 0 Å². The normalized spacial score (nSPS) is 41.9. The molecule has 3 heterocycles. The number of aliphatic hydroxyl groups is 10. The molecule has 282 valence electrons. The maximum absolute atomic E-state index is 12.8. The molecule has 3 aliphatic rings. The smallest absolute Gasteiger partial charge is 0.253 e. The van der Waals surface area contributed by atoms with Crippen LogP contribution in [0.25, 0.3) is 0 Å². The van der Waals surface area contributed by atoms with Crippen LogP contribution in [0, 0.1) is 0 Å². The summed E-state index contributed by atoms with van der Waals surface area (Å²) in [5.74, 6) is -16.4. The highest BCUT2D eigenvalue weighted by molar-refractivity contribution is 5.75. The molecule has 3 saturated heterocycles. The third-order valence-corrected chi connectivity index (χ3v) is 8.27. The van der Waals surface area contributed by atoms with Gasteiger partial charge in [-0.05, 0) is 6.92 Å². The average Bonchev–Trinajstić information content (AvgIpc) is 3.06. The molecule has 22 heteroatoms. The minimum Gasteiger partial charge on any atom is -0.544 e. The first kappa shape index (κ1) is 40.8. The number of carbonyl (C=O) groups is 3. The summed E-state index contributed by atoms with van der Waals surface area (Å²) >= 11 is 0. The van der Waals surface area contributed by atoms with Crippen LogP contribution in [0.1, 0.15) is 26.2 Å². The summed E-state index contributed by atoms with van der Waals surface area (Å²) in [6.45, 7) is -2.14. The zero-order valence-electron chi connectivity index (χ0n) is 25.7. The summed E-state index contributed by atoms with van der Waals surface area (Å²) in [6.07, 6.45) is -27.5. The molecule has 0 amide bonds. The van der Waals surface area contributed by atoms with Crippen molar-refractivity contribution in [3.05, 3.63) is 12.3 Å². The molecule has 3 fully saturated rings. The van der Waals surface area contributed by atoms with Crippen LogP contribution in [-0.2, 0) is 42.8 Å². The molecule has 3 rings (SSSR count). The minimum atomic E-state index is -3.38. The summed E-state index contributed by atoms with van der Waals surface area (Å²) in [5.41, 5.74) is 0. The second-order valence-electron chi connectivity index (χ2n) is 11.7. The Bertz CT molecular complexity index is 1190. The molecule has 0 radical (unpaired) electrons. The quantitative estimate of drug-likeness (QED) is 0.0703. The van der Waals surface area contributed by atoms with Gasteiger partial charge in [0.2, 0.25) is 11.6 Å². The maximum Gasteiger partial charge on any atom is 0.253 e. The molecular weight excluding hydrogens is 676 g/mol. The van der Waals surface area contributed by atoms with Gasteiger partial charge >= 0.3 is 0 Å². The third kappa shape index (κ3) is 8.14. The van der Waals surface area contributed by atoms with E-state index in [0.29, 0.717) is 0 Å². The maximum atomic E-state index is 12.8. The first-order valence-electron chi connectivity index (χ1n) is 14.8. The van der Waals surface area contributed by atoms with E-state index in [4.69, 9.17) is 28.4 Å². The predicted molar refractivity (Wildman–Crippen MR) is 141 cm³/mol. The second kappa shape index (κ2) is 16.1. The Morgan fingerprint density at radius 3 is 1.39 bits per heavy atom. The third-order valence-electron chi connectivity index (χ3n) is 8.27. The minimum absolute atomic E-state index is 0.794. The highest BCUT2D eigenvalue weighted by Crippen LogP contribution is 2.42. The van der Waals surface area contributed by atoms with Crippen LogP contribution in [0.4, 0.5) is 0 Å². The summed E-state index contributed by atoms with van der Waals surface area (Å²) in [4.78, 5) is 37.4. The Kier molecular flexibility index (Phi) is 13.4. The van der Waals surface area contributed by atoms with E-state index in [-0.39, 0.29) is 0 Å². The summed E-state index contributed by atoms with van der Waals surface area (Å²) in [5, 5.41) is 139. The van der Waals surface area contributed by atoms with Gasteiger partial charge in [-0.2, -0.15) is 0 Å². The van der Waals surface area contributed by atoms with Crippen LogP contribution in [0.3, 0.4) is 0 Å². The molecule has 0 bridgehead atoms. The zero-order chi connectivity index (χ0) is 37.1. The van der Waals surface area contributed by atoms with Gasteiger partial charge in [0.1, 0.15) is 72.8 Å². The van der Waals surface area contributed by atoms with Crippen molar-refractivity contribution in [1.82, 2.24) is 0 Å². The lowest BCUT2D eigenvalue weighted by Gasteiger charge is -2.54. The number of aliphatic carboxylic acids is 3. The van der Waals surface area contributed by atoms with Crippen molar-refractivity contribution in [3.8, 4) is 0 Å². The molecule has 0 spiro atoms. The Labute approximate surface area is 276 Å². The van der Waals surface area contributed by atoms with Crippen molar-refractivity contribution in [1.29, 1.82) is 0 Å². The summed E-state index contributed by atoms with van der Waals surface area (Å²) in [6, 6.07) is 0. The molecule has 0 unspecified atom stereocenters. The lowest BCUT2D eigenvalue weighted by molar-refractivity contribution is -0.430. The molecule has 0 aromatic carbocycles. The van der Waals surface area contributed by atoms with E-state index in [1.807, 2.05) is 0 Å². The number of hydrogen-bond donors (Lipinski definition) is 10. The van der Waals surface area contributed by atoms with E-state index in [1.165, 1.54) is 13.0 Å².